The molecule has 0 saturated heterocycles. The first-order valence-corrected chi connectivity index (χ1v) is 9.33. The zero-order chi connectivity index (χ0) is 15.3. The minimum atomic E-state index is -3.53. The highest BCUT2D eigenvalue weighted by Crippen LogP contribution is 2.20. The van der Waals surface area contributed by atoms with Crippen molar-refractivity contribution in [2.75, 3.05) is 6.54 Å². The maximum Gasteiger partial charge on any atom is 0.240 e. The zero-order valence-corrected chi connectivity index (χ0v) is 14.0. The van der Waals surface area contributed by atoms with Crippen molar-refractivity contribution in [2.45, 2.75) is 24.9 Å². The highest BCUT2D eigenvalue weighted by atomic mass is 35.5. The highest BCUT2D eigenvalue weighted by Gasteiger charge is 2.15. The molecule has 0 fully saturated rings. The zero-order valence-electron chi connectivity index (χ0n) is 11.6. The second-order valence-corrected chi connectivity index (χ2v) is 7.44. The first-order chi connectivity index (χ1) is 10.0. The Labute approximate surface area is 134 Å². The van der Waals surface area contributed by atoms with E-state index < -0.39 is 10.0 Å². The molecule has 0 amide bonds. The Bertz CT molecular complexity index is 685. The Balaban J connectivity index is 2.15. The fourth-order valence-electron chi connectivity index (χ4n) is 1.77. The summed E-state index contributed by atoms with van der Waals surface area (Å²) in [6, 6.07) is 6.65. The Kier molecular flexibility index (Phi) is 5.78. The minimum Gasteiger partial charge on any atom is -0.313 e. The fourth-order valence-corrected chi connectivity index (χ4v) is 3.69. The summed E-state index contributed by atoms with van der Waals surface area (Å²) in [5.41, 5.74) is 1.72. The SMILES string of the molecule is CCNCc1cc(S(=O)(=O)NCc2ccsc2)ccc1Cl. The van der Waals surface area contributed by atoms with Gasteiger partial charge in [0, 0.05) is 18.1 Å². The van der Waals surface area contributed by atoms with Crippen LogP contribution in [0.5, 0.6) is 0 Å². The van der Waals surface area contributed by atoms with E-state index in [2.05, 4.69) is 10.0 Å². The first kappa shape index (κ1) is 16.5. The molecule has 0 unspecified atom stereocenters. The molecule has 21 heavy (non-hydrogen) atoms. The second-order valence-electron chi connectivity index (χ2n) is 4.49. The van der Waals surface area contributed by atoms with Gasteiger partial charge in [0.15, 0.2) is 0 Å². The van der Waals surface area contributed by atoms with Crippen LogP contribution in [0.2, 0.25) is 5.02 Å². The third-order valence-corrected chi connectivity index (χ3v) is 5.44. The number of nitrogens with one attached hydrogen (secondary N) is 2. The normalized spacial score (nSPS) is 11.7. The van der Waals surface area contributed by atoms with Crippen LogP contribution in [0.15, 0.2) is 39.9 Å². The van der Waals surface area contributed by atoms with Crippen molar-refractivity contribution >= 4 is 33.0 Å². The summed E-state index contributed by atoms with van der Waals surface area (Å²) in [4.78, 5) is 0.232. The van der Waals surface area contributed by atoms with Crippen molar-refractivity contribution in [3.05, 3.63) is 51.2 Å². The van der Waals surface area contributed by atoms with E-state index in [1.54, 1.807) is 12.1 Å². The maximum absolute atomic E-state index is 12.3. The maximum atomic E-state index is 12.3. The molecule has 0 saturated carbocycles. The molecule has 0 bridgehead atoms. The predicted octanol–water partition coefficient (Wildman–Crippen LogP) is 2.99. The average molecular weight is 345 g/mol. The number of rotatable bonds is 7. The van der Waals surface area contributed by atoms with Gasteiger partial charge < -0.3 is 5.32 Å². The van der Waals surface area contributed by atoms with E-state index in [1.807, 2.05) is 23.8 Å². The van der Waals surface area contributed by atoms with Crippen molar-refractivity contribution < 1.29 is 8.42 Å². The van der Waals surface area contributed by atoms with Gasteiger partial charge in [-0.3, -0.25) is 0 Å². The summed E-state index contributed by atoms with van der Waals surface area (Å²) < 4.78 is 27.2. The summed E-state index contributed by atoms with van der Waals surface area (Å²) in [5, 5.41) is 7.54. The van der Waals surface area contributed by atoms with Crippen molar-refractivity contribution in [3.8, 4) is 0 Å². The van der Waals surface area contributed by atoms with Crippen LogP contribution in [0, 0.1) is 0 Å². The number of sulfonamides is 1. The lowest BCUT2D eigenvalue weighted by Crippen LogP contribution is -2.23. The molecule has 1 aromatic carbocycles. The predicted molar refractivity (Wildman–Crippen MR) is 87.2 cm³/mol. The molecule has 0 aliphatic rings. The third kappa shape index (κ3) is 4.52. The molecule has 1 heterocycles. The van der Waals surface area contributed by atoms with E-state index in [1.165, 1.54) is 17.4 Å². The number of thiophene rings is 1. The van der Waals surface area contributed by atoms with E-state index in [0.29, 0.717) is 11.6 Å². The van der Waals surface area contributed by atoms with Crippen LogP contribution >= 0.6 is 22.9 Å². The molecular formula is C14H17ClN2O2S2. The lowest BCUT2D eigenvalue weighted by molar-refractivity contribution is 0.581. The van der Waals surface area contributed by atoms with E-state index in [4.69, 9.17) is 11.6 Å². The van der Waals surface area contributed by atoms with Crippen molar-refractivity contribution in [3.63, 3.8) is 0 Å². The van der Waals surface area contributed by atoms with E-state index >= 15 is 0 Å². The topological polar surface area (TPSA) is 58.2 Å². The molecule has 0 aliphatic carbocycles. The van der Waals surface area contributed by atoms with Crippen LogP contribution in [-0.4, -0.2) is 15.0 Å². The van der Waals surface area contributed by atoms with Gasteiger partial charge >= 0.3 is 0 Å². The molecule has 0 aliphatic heterocycles. The molecule has 2 rings (SSSR count). The van der Waals surface area contributed by atoms with Gasteiger partial charge in [-0.2, -0.15) is 11.3 Å². The summed E-state index contributed by atoms with van der Waals surface area (Å²) in [5.74, 6) is 0. The van der Waals surface area contributed by atoms with Crippen LogP contribution in [0.25, 0.3) is 0 Å². The summed E-state index contributed by atoms with van der Waals surface area (Å²) in [7, 11) is -3.53. The van der Waals surface area contributed by atoms with Gasteiger partial charge in [-0.05, 0) is 52.7 Å². The summed E-state index contributed by atoms with van der Waals surface area (Å²) in [6.07, 6.45) is 0. The molecule has 2 aromatic rings. The molecule has 7 heteroatoms. The Morgan fingerprint density at radius 3 is 2.71 bits per heavy atom. The van der Waals surface area contributed by atoms with Gasteiger partial charge in [-0.25, -0.2) is 13.1 Å². The standard InChI is InChI=1S/C14H17ClN2O2S2/c1-2-16-9-12-7-13(3-4-14(12)15)21(18,19)17-8-11-5-6-20-10-11/h3-7,10,16-17H,2,8-9H2,1H3. The molecule has 0 spiro atoms. The first-order valence-electron chi connectivity index (χ1n) is 6.53. The summed E-state index contributed by atoms with van der Waals surface area (Å²) in [6.45, 7) is 3.61. The summed E-state index contributed by atoms with van der Waals surface area (Å²) >= 11 is 7.63. The van der Waals surface area contributed by atoms with Gasteiger partial charge in [0.2, 0.25) is 10.0 Å². The lowest BCUT2D eigenvalue weighted by atomic mass is 10.2. The van der Waals surface area contributed by atoms with Crippen LogP contribution in [0.1, 0.15) is 18.1 Å². The van der Waals surface area contributed by atoms with Gasteiger partial charge in [0.1, 0.15) is 0 Å². The molecule has 0 atom stereocenters. The molecule has 0 radical (unpaired) electrons. The monoisotopic (exact) mass is 344 g/mol. The molecular weight excluding hydrogens is 328 g/mol. The van der Waals surface area contributed by atoms with E-state index in [-0.39, 0.29) is 11.4 Å². The highest BCUT2D eigenvalue weighted by molar-refractivity contribution is 7.89. The van der Waals surface area contributed by atoms with Gasteiger partial charge in [-0.15, -0.1) is 0 Å². The van der Waals surface area contributed by atoms with Crippen molar-refractivity contribution in [1.29, 1.82) is 0 Å². The second kappa shape index (κ2) is 7.38. The quantitative estimate of drug-likeness (QED) is 0.811. The van der Waals surface area contributed by atoms with E-state index in [9.17, 15) is 8.42 Å². The number of halogens is 1. The molecule has 4 nitrogen and oxygen atoms in total. The molecule has 114 valence electrons. The van der Waals surface area contributed by atoms with Gasteiger partial charge in [0.25, 0.3) is 0 Å². The average Bonchev–Trinajstić information content (AvgIpc) is 2.97. The fraction of sp³-hybridized carbons (Fsp3) is 0.286. The smallest absolute Gasteiger partial charge is 0.240 e. The van der Waals surface area contributed by atoms with Crippen LogP contribution in [-0.2, 0) is 23.1 Å². The van der Waals surface area contributed by atoms with Gasteiger partial charge in [0.05, 0.1) is 4.90 Å². The minimum absolute atomic E-state index is 0.232. The number of hydrogen-bond acceptors (Lipinski definition) is 4. The third-order valence-electron chi connectivity index (χ3n) is 2.94. The Morgan fingerprint density at radius 1 is 1.24 bits per heavy atom. The van der Waals surface area contributed by atoms with Crippen molar-refractivity contribution in [2.24, 2.45) is 0 Å². The molecule has 2 N–H and O–H groups in total. The largest absolute Gasteiger partial charge is 0.313 e. The lowest BCUT2D eigenvalue weighted by Gasteiger charge is -2.10. The van der Waals surface area contributed by atoms with Gasteiger partial charge in [-0.1, -0.05) is 18.5 Å². The number of benzene rings is 1. The van der Waals surface area contributed by atoms with E-state index in [0.717, 1.165) is 17.7 Å². The Hall–Kier alpha value is -0.920. The van der Waals surface area contributed by atoms with Crippen LogP contribution in [0.3, 0.4) is 0 Å². The number of hydrogen-bond donors (Lipinski definition) is 2. The van der Waals surface area contributed by atoms with Crippen LogP contribution in [0.4, 0.5) is 0 Å². The Morgan fingerprint density at radius 2 is 2.05 bits per heavy atom. The molecule has 1 aromatic heterocycles. The van der Waals surface area contributed by atoms with Crippen LogP contribution < -0.4 is 10.0 Å². The van der Waals surface area contributed by atoms with Crippen molar-refractivity contribution in [1.82, 2.24) is 10.0 Å².